The summed E-state index contributed by atoms with van der Waals surface area (Å²) in [6, 6.07) is 5.67. The molecule has 0 bridgehead atoms. The lowest BCUT2D eigenvalue weighted by Gasteiger charge is -2.29. The fourth-order valence-electron chi connectivity index (χ4n) is 3.12. The summed E-state index contributed by atoms with van der Waals surface area (Å²) < 4.78 is 5.28. The summed E-state index contributed by atoms with van der Waals surface area (Å²) in [7, 11) is 0. The third-order valence-corrected chi connectivity index (χ3v) is 4.45. The molecule has 2 aliphatic heterocycles. The first kappa shape index (κ1) is 17.2. The molecule has 1 saturated heterocycles. The van der Waals surface area contributed by atoms with Gasteiger partial charge in [-0.2, -0.15) is 0 Å². The number of hydrogen-bond acceptors (Lipinski definition) is 5. The Morgan fingerprint density at radius 3 is 2.88 bits per heavy atom. The van der Waals surface area contributed by atoms with Crippen LogP contribution in [0.25, 0.3) is 0 Å². The fourth-order valence-corrected chi connectivity index (χ4v) is 3.12. The van der Waals surface area contributed by atoms with Crippen LogP contribution in [0.2, 0.25) is 0 Å². The van der Waals surface area contributed by atoms with Gasteiger partial charge >= 0.3 is 6.09 Å². The quantitative estimate of drug-likeness (QED) is 0.800. The minimum Gasteiger partial charge on any atom is -0.442 e. The fraction of sp³-hybridized carbons (Fsp3) is 0.471. The predicted octanol–water partition coefficient (Wildman–Crippen LogP) is 0.0249. The van der Waals surface area contributed by atoms with Crippen molar-refractivity contribution in [1.29, 1.82) is 0 Å². The smallest absolute Gasteiger partial charge is 0.414 e. The van der Waals surface area contributed by atoms with Gasteiger partial charge in [-0.1, -0.05) is 6.07 Å². The number of fused-ring (bicyclic) bond motifs is 1. The Hall–Kier alpha value is -2.61. The third-order valence-electron chi connectivity index (χ3n) is 4.45. The Kier molecular flexibility index (Phi) is 4.89. The standard InChI is InChI=1S/C17H21N3O5/c1-11(22)18-7-15-9-20(17(24)25-15)14-3-2-13-8-19(16(23)10-21)5-4-12(13)6-14/h2-3,6,15,21H,4-5,7-10H2,1H3,(H,18,22). The maximum atomic E-state index is 12.1. The summed E-state index contributed by atoms with van der Waals surface area (Å²) in [6.45, 7) is 2.62. The Morgan fingerprint density at radius 2 is 2.16 bits per heavy atom. The molecule has 0 spiro atoms. The zero-order valence-electron chi connectivity index (χ0n) is 14.0. The van der Waals surface area contributed by atoms with E-state index in [1.54, 1.807) is 9.80 Å². The number of anilines is 1. The van der Waals surface area contributed by atoms with E-state index in [1.807, 2.05) is 18.2 Å². The Bertz CT molecular complexity index is 706. The highest BCUT2D eigenvalue weighted by atomic mass is 16.6. The molecule has 1 aromatic rings. The number of nitrogens with one attached hydrogen (secondary N) is 1. The maximum Gasteiger partial charge on any atom is 0.414 e. The van der Waals surface area contributed by atoms with Crippen molar-refractivity contribution < 1.29 is 24.2 Å². The molecule has 0 saturated carbocycles. The molecule has 25 heavy (non-hydrogen) atoms. The van der Waals surface area contributed by atoms with Gasteiger partial charge in [-0.05, 0) is 29.7 Å². The van der Waals surface area contributed by atoms with Crippen LogP contribution in [-0.4, -0.2) is 60.3 Å². The molecule has 3 rings (SSSR count). The monoisotopic (exact) mass is 347 g/mol. The lowest BCUT2D eigenvalue weighted by Crippen LogP contribution is -2.37. The van der Waals surface area contributed by atoms with Gasteiger partial charge in [-0.25, -0.2) is 4.79 Å². The molecule has 8 heteroatoms. The molecular formula is C17H21N3O5. The molecule has 3 amide bonds. The molecule has 134 valence electrons. The second-order valence-corrected chi connectivity index (χ2v) is 6.23. The molecular weight excluding hydrogens is 326 g/mol. The van der Waals surface area contributed by atoms with Gasteiger partial charge in [0.1, 0.15) is 12.7 Å². The van der Waals surface area contributed by atoms with Gasteiger partial charge < -0.3 is 20.1 Å². The van der Waals surface area contributed by atoms with Crippen molar-refractivity contribution in [2.75, 3.05) is 31.1 Å². The first-order chi connectivity index (χ1) is 12.0. The van der Waals surface area contributed by atoms with Gasteiger partial charge in [0.05, 0.1) is 13.1 Å². The number of rotatable bonds is 4. The highest BCUT2D eigenvalue weighted by Gasteiger charge is 2.33. The number of cyclic esters (lactones) is 1. The maximum absolute atomic E-state index is 12.1. The average molecular weight is 347 g/mol. The SMILES string of the molecule is CC(=O)NCC1CN(c2ccc3c(c2)CCN(C(=O)CO)C3)C(=O)O1. The highest BCUT2D eigenvalue weighted by Crippen LogP contribution is 2.27. The van der Waals surface area contributed by atoms with E-state index in [1.165, 1.54) is 6.92 Å². The zero-order valence-corrected chi connectivity index (χ0v) is 14.0. The number of carbonyl (C=O) groups is 3. The predicted molar refractivity (Wildman–Crippen MR) is 88.9 cm³/mol. The normalized spacial score (nSPS) is 19.4. The van der Waals surface area contributed by atoms with Crippen molar-refractivity contribution in [3.8, 4) is 0 Å². The van der Waals surface area contributed by atoms with Gasteiger partial charge in [-0.15, -0.1) is 0 Å². The van der Waals surface area contributed by atoms with Gasteiger partial charge in [-0.3, -0.25) is 14.5 Å². The van der Waals surface area contributed by atoms with E-state index < -0.39 is 12.7 Å². The number of benzene rings is 1. The molecule has 1 atom stereocenters. The topological polar surface area (TPSA) is 99.2 Å². The lowest BCUT2D eigenvalue weighted by atomic mass is 9.98. The van der Waals surface area contributed by atoms with E-state index in [2.05, 4.69) is 5.32 Å². The van der Waals surface area contributed by atoms with Crippen LogP contribution >= 0.6 is 0 Å². The molecule has 2 heterocycles. The second kappa shape index (κ2) is 7.10. The van der Waals surface area contributed by atoms with Crippen LogP contribution in [0.4, 0.5) is 10.5 Å². The number of aliphatic hydroxyl groups excluding tert-OH is 1. The minimum atomic E-state index is -0.483. The first-order valence-electron chi connectivity index (χ1n) is 8.21. The van der Waals surface area contributed by atoms with Crippen LogP contribution < -0.4 is 10.2 Å². The molecule has 0 radical (unpaired) electrons. The van der Waals surface area contributed by atoms with Crippen molar-refractivity contribution in [1.82, 2.24) is 10.2 Å². The summed E-state index contributed by atoms with van der Waals surface area (Å²) in [6.07, 6.45) is -0.124. The number of aliphatic hydroxyl groups is 1. The van der Waals surface area contributed by atoms with Gasteiger partial charge in [0, 0.05) is 25.7 Å². The molecule has 1 fully saturated rings. The molecule has 2 aliphatic rings. The number of carbonyl (C=O) groups excluding carboxylic acids is 3. The second-order valence-electron chi connectivity index (χ2n) is 6.23. The van der Waals surface area contributed by atoms with Crippen molar-refractivity contribution >= 4 is 23.6 Å². The zero-order chi connectivity index (χ0) is 18.0. The van der Waals surface area contributed by atoms with E-state index in [9.17, 15) is 14.4 Å². The van der Waals surface area contributed by atoms with Crippen LogP contribution in [0.5, 0.6) is 0 Å². The Balaban J connectivity index is 1.69. The van der Waals surface area contributed by atoms with E-state index in [4.69, 9.17) is 9.84 Å². The summed E-state index contributed by atoms with van der Waals surface area (Å²) in [5.74, 6) is -0.441. The molecule has 0 aromatic heterocycles. The number of nitrogens with zero attached hydrogens (tertiary/aromatic N) is 2. The molecule has 0 aliphatic carbocycles. The molecule has 2 N–H and O–H groups in total. The number of ether oxygens (including phenoxy) is 1. The largest absolute Gasteiger partial charge is 0.442 e. The Morgan fingerprint density at radius 1 is 1.36 bits per heavy atom. The molecule has 8 nitrogen and oxygen atoms in total. The van der Waals surface area contributed by atoms with Crippen LogP contribution in [0.1, 0.15) is 18.1 Å². The summed E-state index contributed by atoms with van der Waals surface area (Å²) in [5, 5.41) is 11.6. The van der Waals surface area contributed by atoms with Crippen molar-refractivity contribution in [2.24, 2.45) is 0 Å². The highest BCUT2D eigenvalue weighted by molar-refractivity contribution is 5.90. The summed E-state index contributed by atoms with van der Waals surface area (Å²) in [5.41, 5.74) is 2.84. The van der Waals surface area contributed by atoms with E-state index in [0.717, 1.165) is 16.8 Å². The molecule has 1 unspecified atom stereocenters. The van der Waals surface area contributed by atoms with E-state index in [-0.39, 0.29) is 17.9 Å². The lowest BCUT2D eigenvalue weighted by molar-refractivity contribution is -0.135. The molecule has 1 aromatic carbocycles. The average Bonchev–Trinajstić information content (AvgIpc) is 2.99. The van der Waals surface area contributed by atoms with Crippen LogP contribution in [0.3, 0.4) is 0 Å². The van der Waals surface area contributed by atoms with Crippen LogP contribution in [0, 0.1) is 0 Å². The van der Waals surface area contributed by atoms with Crippen molar-refractivity contribution in [2.45, 2.75) is 26.0 Å². The third kappa shape index (κ3) is 3.74. The van der Waals surface area contributed by atoms with Crippen molar-refractivity contribution in [3.63, 3.8) is 0 Å². The van der Waals surface area contributed by atoms with E-state index >= 15 is 0 Å². The van der Waals surface area contributed by atoms with Gasteiger partial charge in [0.2, 0.25) is 11.8 Å². The van der Waals surface area contributed by atoms with Gasteiger partial charge in [0.25, 0.3) is 0 Å². The summed E-state index contributed by atoms with van der Waals surface area (Å²) >= 11 is 0. The van der Waals surface area contributed by atoms with Crippen molar-refractivity contribution in [3.05, 3.63) is 29.3 Å². The summed E-state index contributed by atoms with van der Waals surface area (Å²) in [4.78, 5) is 37.9. The number of amides is 3. The first-order valence-corrected chi connectivity index (χ1v) is 8.21. The van der Waals surface area contributed by atoms with Crippen LogP contribution in [0.15, 0.2) is 18.2 Å². The van der Waals surface area contributed by atoms with Crippen LogP contribution in [-0.2, 0) is 27.3 Å². The van der Waals surface area contributed by atoms with Gasteiger partial charge in [0.15, 0.2) is 0 Å². The minimum absolute atomic E-state index is 0.162. The Labute approximate surface area is 145 Å². The number of hydrogen-bond donors (Lipinski definition) is 2. The van der Waals surface area contributed by atoms with E-state index in [0.29, 0.717) is 32.6 Å².